The van der Waals surface area contributed by atoms with Crippen molar-refractivity contribution < 1.29 is 33.3 Å². The van der Waals surface area contributed by atoms with Gasteiger partial charge in [0.2, 0.25) is 0 Å². The highest BCUT2D eigenvalue weighted by atomic mass is 19.1. The molecule has 1 aliphatic heterocycles. The number of primary amides is 1. The Morgan fingerprint density at radius 3 is 2.49 bits per heavy atom. The Hall–Kier alpha value is -3.17. The molecular formula is C28H39FN2O6. The number of benzene rings is 1. The van der Waals surface area contributed by atoms with Crippen LogP contribution < -0.4 is 11.1 Å². The predicted molar refractivity (Wildman–Crippen MR) is 141 cm³/mol. The summed E-state index contributed by atoms with van der Waals surface area (Å²) in [4.78, 5) is 24.3. The second-order valence-electron chi connectivity index (χ2n) is 9.74. The molecule has 4 N–H and O–H groups in total. The van der Waals surface area contributed by atoms with Gasteiger partial charge in [-0.15, -0.1) is 0 Å². The van der Waals surface area contributed by atoms with Crippen LogP contribution in [0.3, 0.4) is 0 Å². The summed E-state index contributed by atoms with van der Waals surface area (Å²) in [6, 6.07) is 2.68. The van der Waals surface area contributed by atoms with E-state index in [9.17, 15) is 19.1 Å². The monoisotopic (exact) mass is 518 g/mol. The number of hydrogen-bond acceptors (Lipinski definition) is 6. The van der Waals surface area contributed by atoms with Crippen LogP contribution in [-0.4, -0.2) is 49.6 Å². The Morgan fingerprint density at radius 2 is 1.86 bits per heavy atom. The van der Waals surface area contributed by atoms with Crippen molar-refractivity contribution in [2.45, 2.75) is 65.3 Å². The molecular weight excluding hydrogens is 479 g/mol. The van der Waals surface area contributed by atoms with E-state index in [0.717, 1.165) is 11.6 Å². The number of rotatable bonds is 3. The summed E-state index contributed by atoms with van der Waals surface area (Å²) in [5.74, 6) is -1.53. The highest BCUT2D eigenvalue weighted by molar-refractivity contribution is 6.03. The van der Waals surface area contributed by atoms with E-state index in [1.165, 1.54) is 7.11 Å². The molecule has 9 heteroatoms. The van der Waals surface area contributed by atoms with Crippen LogP contribution in [0.2, 0.25) is 0 Å². The van der Waals surface area contributed by atoms with Crippen molar-refractivity contribution in [1.82, 2.24) is 0 Å². The smallest absolute Gasteiger partial charge is 0.405 e. The average molecular weight is 519 g/mol. The SMILES string of the molecule is COC1C[C@H](C)Cc2cc(cc(F)c2O)NC(=O)/C(C)=C/C=C\C(OC)C(OC(N)=O)/C(C)=C/[C@H](C)C1. The molecule has 0 aromatic heterocycles. The van der Waals surface area contributed by atoms with Crippen molar-refractivity contribution >= 4 is 17.7 Å². The van der Waals surface area contributed by atoms with Gasteiger partial charge in [0.05, 0.1) is 6.10 Å². The number of methoxy groups -OCH3 is 2. The van der Waals surface area contributed by atoms with Crippen LogP contribution in [0.15, 0.2) is 47.6 Å². The van der Waals surface area contributed by atoms with Gasteiger partial charge in [-0.05, 0) is 62.1 Å². The molecule has 1 aromatic rings. The van der Waals surface area contributed by atoms with Crippen molar-refractivity contribution in [3.63, 3.8) is 0 Å². The lowest BCUT2D eigenvalue weighted by Gasteiger charge is -2.26. The zero-order valence-electron chi connectivity index (χ0n) is 22.4. The molecule has 2 rings (SSSR count). The fourth-order valence-corrected chi connectivity index (χ4v) is 4.57. The largest absolute Gasteiger partial charge is 0.505 e. The molecule has 0 radical (unpaired) electrons. The fraction of sp³-hybridized carbons (Fsp3) is 0.500. The van der Waals surface area contributed by atoms with Gasteiger partial charge in [-0.2, -0.15) is 0 Å². The fourth-order valence-electron chi connectivity index (χ4n) is 4.57. The zero-order valence-corrected chi connectivity index (χ0v) is 22.4. The summed E-state index contributed by atoms with van der Waals surface area (Å²) in [5, 5.41) is 13.0. The van der Waals surface area contributed by atoms with Crippen molar-refractivity contribution in [1.29, 1.82) is 0 Å². The van der Waals surface area contributed by atoms with E-state index in [0.29, 0.717) is 30.4 Å². The van der Waals surface area contributed by atoms with E-state index in [4.69, 9.17) is 19.9 Å². The van der Waals surface area contributed by atoms with Gasteiger partial charge in [-0.1, -0.05) is 38.2 Å². The first-order valence-electron chi connectivity index (χ1n) is 12.3. The lowest BCUT2D eigenvalue weighted by molar-refractivity contribution is -0.112. The number of allylic oxidation sites excluding steroid dienone is 3. The van der Waals surface area contributed by atoms with Crippen LogP contribution in [0.1, 0.15) is 46.1 Å². The van der Waals surface area contributed by atoms with E-state index in [1.54, 1.807) is 38.3 Å². The number of amides is 2. The number of hydrogen-bond donors (Lipinski definition) is 3. The number of fused-ring (bicyclic) bond motifs is 2. The molecule has 0 spiro atoms. The Labute approximate surface area is 218 Å². The lowest BCUT2D eigenvalue weighted by Crippen LogP contribution is -2.34. The third-order valence-corrected chi connectivity index (χ3v) is 6.42. The zero-order chi connectivity index (χ0) is 27.7. The summed E-state index contributed by atoms with van der Waals surface area (Å²) in [7, 11) is 3.13. The van der Waals surface area contributed by atoms with Crippen molar-refractivity contribution in [3.05, 3.63) is 59.0 Å². The number of ether oxygens (including phenoxy) is 3. The highest BCUT2D eigenvalue weighted by Crippen LogP contribution is 2.30. The molecule has 1 aliphatic rings. The molecule has 0 aliphatic carbocycles. The first-order valence-corrected chi connectivity index (χ1v) is 12.3. The maximum absolute atomic E-state index is 14.5. The normalized spacial score (nSPS) is 29.8. The number of carbonyl (C=O) groups is 2. The predicted octanol–water partition coefficient (Wildman–Crippen LogP) is 5.02. The molecule has 37 heavy (non-hydrogen) atoms. The van der Waals surface area contributed by atoms with Gasteiger partial charge < -0.3 is 30.4 Å². The number of aromatic hydroxyl groups is 1. The minimum atomic E-state index is -0.925. The Bertz CT molecular complexity index is 1050. The van der Waals surface area contributed by atoms with Gasteiger partial charge in [-0.25, -0.2) is 9.18 Å². The van der Waals surface area contributed by atoms with Crippen molar-refractivity contribution in [3.8, 4) is 5.75 Å². The second-order valence-corrected chi connectivity index (χ2v) is 9.74. The number of nitrogens with two attached hydrogens (primary N) is 1. The van der Waals surface area contributed by atoms with E-state index in [-0.39, 0.29) is 23.6 Å². The molecule has 8 nitrogen and oxygen atoms in total. The standard InChI is InChI=1S/C28H39FN2O6/c1-16-10-19(4)26(37-28(30)34)24(36-6)9-7-8-18(3)27(33)31-21-14-20(25(32)23(29)15-21)11-17(2)13-22(12-16)35-5/h7-10,14-17,22,24,26,32H,11-13H2,1-6H3,(H2,30,34)(H,31,33)/b9-7-,18-8+,19-10+/t16-,17+,22?,24?,26?/m0/s1. The number of phenols is 1. The maximum atomic E-state index is 14.5. The third kappa shape index (κ3) is 9.02. The molecule has 5 atom stereocenters. The van der Waals surface area contributed by atoms with Crippen LogP contribution >= 0.6 is 0 Å². The van der Waals surface area contributed by atoms with Gasteiger partial charge in [0.25, 0.3) is 5.91 Å². The van der Waals surface area contributed by atoms with Gasteiger partial charge in [0.15, 0.2) is 17.7 Å². The Morgan fingerprint density at radius 1 is 1.16 bits per heavy atom. The van der Waals surface area contributed by atoms with Crippen molar-refractivity contribution in [2.24, 2.45) is 17.6 Å². The highest BCUT2D eigenvalue weighted by Gasteiger charge is 2.26. The first kappa shape index (κ1) is 30.1. The number of carbonyl (C=O) groups excluding carboxylic acids is 2. The number of nitrogens with one attached hydrogen (secondary N) is 1. The molecule has 2 amide bonds. The van der Waals surface area contributed by atoms with E-state index >= 15 is 0 Å². The minimum absolute atomic E-state index is 0.0511. The first-order chi connectivity index (χ1) is 17.4. The third-order valence-electron chi connectivity index (χ3n) is 6.42. The summed E-state index contributed by atoms with van der Waals surface area (Å²) in [5.41, 5.74) is 7.11. The van der Waals surface area contributed by atoms with E-state index < -0.39 is 35.8 Å². The summed E-state index contributed by atoms with van der Waals surface area (Å²) in [6.45, 7) is 7.49. The molecule has 204 valence electrons. The van der Waals surface area contributed by atoms with E-state index in [2.05, 4.69) is 5.32 Å². The van der Waals surface area contributed by atoms with E-state index in [1.807, 2.05) is 26.8 Å². The van der Waals surface area contributed by atoms with Crippen LogP contribution in [0, 0.1) is 17.7 Å². The number of phenolic OH excluding ortho intramolecular Hbond substituents is 1. The van der Waals surface area contributed by atoms with Crippen LogP contribution in [-0.2, 0) is 25.4 Å². The lowest BCUT2D eigenvalue weighted by atomic mass is 9.90. The van der Waals surface area contributed by atoms with Crippen LogP contribution in [0.25, 0.3) is 0 Å². The molecule has 0 saturated carbocycles. The van der Waals surface area contributed by atoms with Crippen molar-refractivity contribution in [2.75, 3.05) is 19.5 Å². The minimum Gasteiger partial charge on any atom is -0.505 e. The Balaban J connectivity index is 2.51. The second kappa shape index (κ2) is 13.9. The molecule has 2 bridgehead atoms. The van der Waals surface area contributed by atoms with Gasteiger partial charge >= 0.3 is 6.09 Å². The number of anilines is 1. The quantitative estimate of drug-likeness (QED) is 0.382. The van der Waals surface area contributed by atoms with Gasteiger partial charge in [-0.3, -0.25) is 4.79 Å². The summed E-state index contributed by atoms with van der Waals surface area (Å²) >= 11 is 0. The van der Waals surface area contributed by atoms with Gasteiger partial charge in [0.1, 0.15) is 6.10 Å². The average Bonchev–Trinajstić information content (AvgIpc) is 2.82. The van der Waals surface area contributed by atoms with Gasteiger partial charge in [0, 0.05) is 31.5 Å². The summed E-state index contributed by atoms with van der Waals surface area (Å²) < 4.78 is 31.1. The summed E-state index contributed by atoms with van der Waals surface area (Å²) in [6.07, 6.45) is 6.16. The molecule has 0 saturated heterocycles. The maximum Gasteiger partial charge on any atom is 0.405 e. The van der Waals surface area contributed by atoms with Crippen LogP contribution in [0.4, 0.5) is 14.9 Å². The molecule has 3 unspecified atom stereocenters. The molecule has 0 fully saturated rings. The van der Waals surface area contributed by atoms with Crippen LogP contribution in [0.5, 0.6) is 5.75 Å². The molecule has 1 aromatic carbocycles. The molecule has 1 heterocycles. The number of halogens is 1. The topological polar surface area (TPSA) is 120 Å². The Kier molecular flexibility index (Phi) is 11.3.